The van der Waals surface area contributed by atoms with Gasteiger partial charge in [0.1, 0.15) is 0 Å². The molecule has 1 N–H and O–H groups in total. The highest BCUT2D eigenvalue weighted by molar-refractivity contribution is 5.87. The Balaban J connectivity index is 4.08. The van der Waals surface area contributed by atoms with Crippen LogP contribution in [-0.2, 0) is 4.79 Å². The summed E-state index contributed by atoms with van der Waals surface area (Å²) in [5, 5.41) is 2.84. The van der Waals surface area contributed by atoms with Gasteiger partial charge in [-0.1, -0.05) is 39.0 Å². The van der Waals surface area contributed by atoms with E-state index in [0.717, 1.165) is 24.8 Å². The standard InChI is InChI=1S/C11H19NO/c1-5-8-9(4)10(6-2)12-11(13)7-3/h7,10H,3-6,8H2,1-2H3,(H,12,13). The lowest BCUT2D eigenvalue weighted by molar-refractivity contribution is -0.116. The Hall–Kier alpha value is -1.05. The van der Waals surface area contributed by atoms with Crippen LogP contribution in [0.25, 0.3) is 0 Å². The third-order valence-electron chi connectivity index (χ3n) is 1.97. The van der Waals surface area contributed by atoms with Gasteiger partial charge >= 0.3 is 0 Å². The lowest BCUT2D eigenvalue weighted by Gasteiger charge is -2.18. The monoisotopic (exact) mass is 181 g/mol. The van der Waals surface area contributed by atoms with Crippen molar-refractivity contribution in [3.05, 3.63) is 24.8 Å². The molecule has 0 saturated heterocycles. The maximum atomic E-state index is 11.0. The molecule has 0 aromatic rings. The van der Waals surface area contributed by atoms with Crippen LogP contribution in [0.5, 0.6) is 0 Å². The van der Waals surface area contributed by atoms with Crippen molar-refractivity contribution in [1.82, 2.24) is 5.32 Å². The SMILES string of the molecule is C=CC(=O)NC(CC)C(=C)CCC. The van der Waals surface area contributed by atoms with Gasteiger partial charge in [0.15, 0.2) is 0 Å². The molecule has 0 heterocycles. The molecule has 0 aliphatic heterocycles. The Morgan fingerprint density at radius 1 is 1.54 bits per heavy atom. The first-order valence-electron chi connectivity index (χ1n) is 4.76. The molecule has 0 aliphatic carbocycles. The molecule has 0 spiro atoms. The molecule has 74 valence electrons. The molecule has 2 nitrogen and oxygen atoms in total. The smallest absolute Gasteiger partial charge is 0.243 e. The first-order valence-corrected chi connectivity index (χ1v) is 4.76. The highest BCUT2D eigenvalue weighted by Crippen LogP contribution is 2.10. The van der Waals surface area contributed by atoms with E-state index in [1.165, 1.54) is 6.08 Å². The van der Waals surface area contributed by atoms with E-state index < -0.39 is 0 Å². The Morgan fingerprint density at radius 2 is 2.15 bits per heavy atom. The molecule has 0 bridgehead atoms. The van der Waals surface area contributed by atoms with Gasteiger partial charge in [-0.3, -0.25) is 4.79 Å². The van der Waals surface area contributed by atoms with Crippen LogP contribution < -0.4 is 5.32 Å². The van der Waals surface area contributed by atoms with Gasteiger partial charge in [-0.25, -0.2) is 0 Å². The van der Waals surface area contributed by atoms with E-state index >= 15 is 0 Å². The quantitative estimate of drug-likeness (QED) is 0.495. The van der Waals surface area contributed by atoms with E-state index in [9.17, 15) is 4.79 Å². The summed E-state index contributed by atoms with van der Waals surface area (Å²) in [4.78, 5) is 11.0. The first-order chi connectivity index (χ1) is 6.15. The minimum atomic E-state index is -0.121. The molecule has 0 radical (unpaired) electrons. The second kappa shape index (κ2) is 6.46. The van der Waals surface area contributed by atoms with Crippen LogP contribution in [0.2, 0.25) is 0 Å². The van der Waals surface area contributed by atoms with Gasteiger partial charge in [-0.05, 0) is 18.9 Å². The summed E-state index contributed by atoms with van der Waals surface area (Å²) in [6.45, 7) is 11.5. The summed E-state index contributed by atoms with van der Waals surface area (Å²) in [5.74, 6) is -0.121. The van der Waals surface area contributed by atoms with Crippen molar-refractivity contribution >= 4 is 5.91 Å². The maximum Gasteiger partial charge on any atom is 0.243 e. The Kier molecular flexibility index (Phi) is 5.94. The average Bonchev–Trinajstić information content (AvgIpc) is 2.14. The molecular weight excluding hydrogens is 162 g/mol. The summed E-state index contributed by atoms with van der Waals surface area (Å²) in [5.41, 5.74) is 1.10. The van der Waals surface area contributed by atoms with Crippen LogP contribution in [0.4, 0.5) is 0 Å². The highest BCUT2D eigenvalue weighted by Gasteiger charge is 2.10. The third-order valence-corrected chi connectivity index (χ3v) is 1.97. The number of hydrogen-bond acceptors (Lipinski definition) is 1. The Bertz CT molecular complexity index is 196. The maximum absolute atomic E-state index is 11.0. The van der Waals surface area contributed by atoms with Crippen molar-refractivity contribution in [2.45, 2.75) is 39.2 Å². The van der Waals surface area contributed by atoms with Crippen LogP contribution in [0.1, 0.15) is 33.1 Å². The molecule has 0 aromatic heterocycles. The molecule has 0 aromatic carbocycles. The van der Waals surface area contributed by atoms with Crippen molar-refractivity contribution in [3.8, 4) is 0 Å². The summed E-state index contributed by atoms with van der Waals surface area (Å²) < 4.78 is 0. The van der Waals surface area contributed by atoms with Gasteiger partial charge in [0, 0.05) is 6.04 Å². The highest BCUT2D eigenvalue weighted by atomic mass is 16.1. The number of carbonyl (C=O) groups is 1. The third kappa shape index (κ3) is 4.51. The van der Waals surface area contributed by atoms with Gasteiger partial charge in [-0.2, -0.15) is 0 Å². The number of carbonyl (C=O) groups excluding carboxylic acids is 1. The predicted molar refractivity (Wildman–Crippen MR) is 56.5 cm³/mol. The van der Waals surface area contributed by atoms with Crippen molar-refractivity contribution in [2.75, 3.05) is 0 Å². The number of rotatable bonds is 6. The molecule has 1 unspecified atom stereocenters. The predicted octanol–water partition coefficient (Wildman–Crippen LogP) is 2.42. The van der Waals surface area contributed by atoms with Crippen LogP contribution in [0, 0.1) is 0 Å². The summed E-state index contributed by atoms with van der Waals surface area (Å²) in [6, 6.07) is 0.102. The van der Waals surface area contributed by atoms with Gasteiger partial charge < -0.3 is 5.32 Å². The molecule has 13 heavy (non-hydrogen) atoms. The van der Waals surface area contributed by atoms with E-state index in [-0.39, 0.29) is 11.9 Å². The Labute approximate surface area is 80.7 Å². The second-order valence-corrected chi connectivity index (χ2v) is 3.08. The number of hydrogen-bond donors (Lipinski definition) is 1. The average molecular weight is 181 g/mol. The van der Waals surface area contributed by atoms with Crippen LogP contribution in [0.15, 0.2) is 24.8 Å². The van der Waals surface area contributed by atoms with Crippen LogP contribution >= 0.6 is 0 Å². The zero-order valence-electron chi connectivity index (χ0n) is 8.60. The summed E-state index contributed by atoms with van der Waals surface area (Å²) >= 11 is 0. The molecular formula is C11H19NO. The van der Waals surface area contributed by atoms with Crippen molar-refractivity contribution < 1.29 is 4.79 Å². The van der Waals surface area contributed by atoms with Gasteiger partial charge in [0.2, 0.25) is 5.91 Å². The first kappa shape index (κ1) is 11.9. The fourth-order valence-electron chi connectivity index (χ4n) is 1.22. The van der Waals surface area contributed by atoms with E-state index in [1.807, 2.05) is 6.92 Å². The Morgan fingerprint density at radius 3 is 2.54 bits per heavy atom. The number of nitrogens with one attached hydrogen (secondary N) is 1. The fraction of sp³-hybridized carbons (Fsp3) is 0.545. The van der Waals surface area contributed by atoms with Gasteiger partial charge in [0.05, 0.1) is 0 Å². The molecule has 0 saturated carbocycles. The van der Waals surface area contributed by atoms with Crippen molar-refractivity contribution in [3.63, 3.8) is 0 Å². The fourth-order valence-corrected chi connectivity index (χ4v) is 1.22. The molecule has 2 heteroatoms. The zero-order valence-corrected chi connectivity index (χ0v) is 8.60. The van der Waals surface area contributed by atoms with Crippen molar-refractivity contribution in [1.29, 1.82) is 0 Å². The minimum absolute atomic E-state index is 0.102. The van der Waals surface area contributed by atoms with E-state index in [4.69, 9.17) is 0 Å². The lowest BCUT2D eigenvalue weighted by atomic mass is 10.0. The summed E-state index contributed by atoms with van der Waals surface area (Å²) in [6.07, 6.45) is 4.22. The topological polar surface area (TPSA) is 29.1 Å². The largest absolute Gasteiger partial charge is 0.346 e. The summed E-state index contributed by atoms with van der Waals surface area (Å²) in [7, 11) is 0. The van der Waals surface area contributed by atoms with Crippen LogP contribution in [0.3, 0.4) is 0 Å². The second-order valence-electron chi connectivity index (χ2n) is 3.08. The molecule has 0 aliphatic rings. The molecule has 1 atom stereocenters. The number of amides is 1. The van der Waals surface area contributed by atoms with Crippen molar-refractivity contribution in [2.24, 2.45) is 0 Å². The van der Waals surface area contributed by atoms with E-state index in [0.29, 0.717) is 0 Å². The lowest BCUT2D eigenvalue weighted by Crippen LogP contribution is -2.34. The molecule has 0 fully saturated rings. The van der Waals surface area contributed by atoms with E-state index in [1.54, 1.807) is 0 Å². The molecule has 1 amide bonds. The minimum Gasteiger partial charge on any atom is -0.346 e. The van der Waals surface area contributed by atoms with Gasteiger partial charge in [-0.15, -0.1) is 0 Å². The van der Waals surface area contributed by atoms with Crippen LogP contribution in [-0.4, -0.2) is 11.9 Å². The van der Waals surface area contributed by atoms with E-state index in [2.05, 4.69) is 25.4 Å². The molecule has 0 rings (SSSR count). The zero-order chi connectivity index (χ0) is 10.3. The normalized spacial score (nSPS) is 11.8. The van der Waals surface area contributed by atoms with Gasteiger partial charge in [0.25, 0.3) is 0 Å².